The molecule has 2 fully saturated rings. The van der Waals surface area contributed by atoms with Crippen LogP contribution < -0.4 is 0 Å². The highest BCUT2D eigenvalue weighted by Crippen LogP contribution is 2.34. The lowest BCUT2D eigenvalue weighted by Gasteiger charge is -2.53. The number of carbonyl (C=O) groups is 2. The minimum atomic E-state index is -0.00807. The molecule has 2 aliphatic rings. The van der Waals surface area contributed by atoms with Gasteiger partial charge in [-0.1, -0.05) is 18.2 Å². The van der Waals surface area contributed by atoms with Gasteiger partial charge in [-0.2, -0.15) is 0 Å². The fraction of sp³-hybridized carbons (Fsp3) is 0.300. The quantitative estimate of drug-likeness (QED) is 0.916. The highest BCUT2D eigenvalue weighted by molar-refractivity contribution is 5.96. The number of rotatable bonds is 2. The molecule has 0 saturated carbocycles. The van der Waals surface area contributed by atoms with E-state index >= 15 is 0 Å². The summed E-state index contributed by atoms with van der Waals surface area (Å²) in [7, 11) is 0. The Labute approximate surface area is 146 Å². The van der Waals surface area contributed by atoms with E-state index in [1.54, 1.807) is 12.1 Å². The highest BCUT2D eigenvalue weighted by Gasteiger charge is 2.45. The summed E-state index contributed by atoms with van der Waals surface area (Å²) in [6, 6.07) is 15.9. The van der Waals surface area contributed by atoms with E-state index in [1.807, 2.05) is 40.1 Å². The molecule has 2 aromatic rings. The summed E-state index contributed by atoms with van der Waals surface area (Å²) in [6.45, 7) is 2.04. The van der Waals surface area contributed by atoms with Crippen molar-refractivity contribution in [2.24, 2.45) is 5.92 Å². The fourth-order valence-electron chi connectivity index (χ4n) is 3.81. The molecule has 0 bridgehead atoms. The first kappa shape index (κ1) is 15.7. The molecule has 128 valence electrons. The van der Waals surface area contributed by atoms with Gasteiger partial charge < -0.3 is 14.9 Å². The molecule has 2 heterocycles. The minimum absolute atomic E-state index is 0.00807. The van der Waals surface area contributed by atoms with Crippen molar-refractivity contribution < 1.29 is 14.7 Å². The Kier molecular flexibility index (Phi) is 3.92. The van der Waals surface area contributed by atoms with Crippen molar-refractivity contribution in [3.05, 3.63) is 65.7 Å². The van der Waals surface area contributed by atoms with Crippen molar-refractivity contribution in [3.8, 4) is 5.75 Å². The van der Waals surface area contributed by atoms with Crippen LogP contribution in [0.25, 0.3) is 0 Å². The monoisotopic (exact) mass is 336 g/mol. The smallest absolute Gasteiger partial charge is 0.254 e. The summed E-state index contributed by atoms with van der Waals surface area (Å²) in [6.07, 6.45) is 0.813. The van der Waals surface area contributed by atoms with Crippen LogP contribution in [-0.2, 0) is 0 Å². The van der Waals surface area contributed by atoms with Crippen LogP contribution in [0.1, 0.15) is 27.1 Å². The van der Waals surface area contributed by atoms with Crippen molar-refractivity contribution in [2.75, 3.05) is 19.6 Å². The predicted octanol–water partition coefficient (Wildman–Crippen LogP) is 2.38. The number of aromatic hydroxyl groups is 1. The first-order valence-corrected chi connectivity index (χ1v) is 8.58. The van der Waals surface area contributed by atoms with Gasteiger partial charge in [0.2, 0.25) is 0 Å². The average Bonchev–Trinajstić information content (AvgIpc) is 2.63. The van der Waals surface area contributed by atoms with Crippen molar-refractivity contribution in [3.63, 3.8) is 0 Å². The molecule has 0 spiro atoms. The zero-order valence-electron chi connectivity index (χ0n) is 13.8. The number of hydrogen-bond donors (Lipinski definition) is 1. The zero-order chi connectivity index (χ0) is 17.4. The number of phenols is 1. The molecular weight excluding hydrogens is 316 g/mol. The largest absolute Gasteiger partial charge is 0.508 e. The number of hydrogen-bond acceptors (Lipinski definition) is 3. The molecule has 0 aliphatic carbocycles. The summed E-state index contributed by atoms with van der Waals surface area (Å²) in [4.78, 5) is 29.0. The summed E-state index contributed by atoms with van der Waals surface area (Å²) in [5.74, 6) is 0.582. The SMILES string of the molecule is O=C(c1ccc(O)cc1)N1CC[C@@H]2[C@H](C1)CN2C(=O)c1ccccc1. The van der Waals surface area contributed by atoms with Crippen LogP contribution in [0.4, 0.5) is 0 Å². The number of amides is 2. The maximum Gasteiger partial charge on any atom is 0.254 e. The molecule has 2 saturated heterocycles. The normalized spacial score (nSPS) is 22.1. The van der Waals surface area contributed by atoms with Crippen LogP contribution in [0, 0.1) is 5.92 Å². The number of likely N-dealkylation sites (tertiary alicyclic amines) is 2. The number of fused-ring (bicyclic) bond motifs is 1. The molecule has 1 N–H and O–H groups in total. The van der Waals surface area contributed by atoms with Crippen LogP contribution in [0.5, 0.6) is 5.75 Å². The van der Waals surface area contributed by atoms with Gasteiger partial charge in [0.05, 0.1) is 0 Å². The summed E-state index contributed by atoms with van der Waals surface area (Å²) in [5.41, 5.74) is 1.32. The molecule has 0 unspecified atom stereocenters. The molecule has 4 rings (SSSR count). The predicted molar refractivity (Wildman–Crippen MR) is 93.4 cm³/mol. The second-order valence-electron chi connectivity index (χ2n) is 6.74. The van der Waals surface area contributed by atoms with Gasteiger partial charge in [-0.25, -0.2) is 0 Å². The van der Waals surface area contributed by atoms with Crippen molar-refractivity contribution in [2.45, 2.75) is 12.5 Å². The summed E-state index contributed by atoms with van der Waals surface area (Å²) in [5, 5.41) is 9.35. The molecular formula is C20H20N2O3. The Morgan fingerprint density at radius 3 is 2.24 bits per heavy atom. The minimum Gasteiger partial charge on any atom is -0.508 e. The molecule has 5 nitrogen and oxygen atoms in total. The van der Waals surface area contributed by atoms with Crippen molar-refractivity contribution in [1.29, 1.82) is 0 Å². The van der Waals surface area contributed by atoms with E-state index in [-0.39, 0.29) is 23.6 Å². The Hall–Kier alpha value is -2.82. The molecule has 5 heteroatoms. The number of nitrogens with zero attached hydrogens (tertiary/aromatic N) is 2. The molecule has 0 aromatic heterocycles. The first-order valence-electron chi connectivity index (χ1n) is 8.58. The van der Waals surface area contributed by atoms with Gasteiger partial charge in [-0.15, -0.1) is 0 Å². The molecule has 2 aliphatic heterocycles. The molecule has 2 amide bonds. The maximum atomic E-state index is 12.6. The molecule has 0 radical (unpaired) electrons. The van der Waals surface area contributed by atoms with Gasteiger partial charge in [0.15, 0.2) is 0 Å². The molecule has 2 aromatic carbocycles. The van der Waals surface area contributed by atoms with Crippen LogP contribution in [0.2, 0.25) is 0 Å². The Balaban J connectivity index is 1.39. The van der Waals surface area contributed by atoms with E-state index in [2.05, 4.69) is 0 Å². The van der Waals surface area contributed by atoms with Gasteiger partial charge in [-0.3, -0.25) is 9.59 Å². The second kappa shape index (κ2) is 6.24. The Morgan fingerprint density at radius 1 is 0.880 bits per heavy atom. The Morgan fingerprint density at radius 2 is 1.56 bits per heavy atom. The van der Waals surface area contributed by atoms with Gasteiger partial charge in [0.1, 0.15) is 5.75 Å². The van der Waals surface area contributed by atoms with E-state index in [4.69, 9.17) is 0 Å². The van der Waals surface area contributed by atoms with E-state index in [9.17, 15) is 14.7 Å². The third kappa shape index (κ3) is 2.86. The van der Waals surface area contributed by atoms with E-state index in [0.717, 1.165) is 12.0 Å². The van der Waals surface area contributed by atoms with Gasteiger partial charge in [0, 0.05) is 42.7 Å². The third-order valence-electron chi connectivity index (χ3n) is 5.21. The summed E-state index contributed by atoms with van der Waals surface area (Å²) >= 11 is 0. The van der Waals surface area contributed by atoms with Crippen LogP contribution in [0.3, 0.4) is 0 Å². The number of benzene rings is 2. The van der Waals surface area contributed by atoms with Gasteiger partial charge >= 0.3 is 0 Å². The molecule has 25 heavy (non-hydrogen) atoms. The number of piperidine rings is 1. The highest BCUT2D eigenvalue weighted by atomic mass is 16.3. The van der Waals surface area contributed by atoms with Gasteiger partial charge in [-0.05, 0) is 42.8 Å². The lowest BCUT2D eigenvalue weighted by molar-refractivity contribution is -0.0225. The van der Waals surface area contributed by atoms with E-state index < -0.39 is 0 Å². The molecule has 2 atom stereocenters. The lowest BCUT2D eigenvalue weighted by Crippen LogP contribution is -2.65. The zero-order valence-corrected chi connectivity index (χ0v) is 13.8. The fourth-order valence-corrected chi connectivity index (χ4v) is 3.81. The Bertz CT molecular complexity index is 788. The maximum absolute atomic E-state index is 12.6. The summed E-state index contributed by atoms with van der Waals surface area (Å²) < 4.78 is 0. The van der Waals surface area contributed by atoms with Gasteiger partial charge in [0.25, 0.3) is 11.8 Å². The lowest BCUT2D eigenvalue weighted by atomic mass is 9.82. The van der Waals surface area contributed by atoms with E-state index in [0.29, 0.717) is 31.1 Å². The first-order chi connectivity index (χ1) is 12.1. The topological polar surface area (TPSA) is 60.9 Å². The number of carbonyl (C=O) groups excluding carboxylic acids is 2. The second-order valence-corrected chi connectivity index (χ2v) is 6.74. The van der Waals surface area contributed by atoms with Crippen molar-refractivity contribution >= 4 is 11.8 Å². The third-order valence-corrected chi connectivity index (χ3v) is 5.21. The number of phenolic OH excluding ortho intramolecular Hbond substituents is 1. The van der Waals surface area contributed by atoms with Crippen molar-refractivity contribution in [1.82, 2.24) is 9.80 Å². The van der Waals surface area contributed by atoms with Crippen LogP contribution in [-0.4, -0.2) is 52.4 Å². The van der Waals surface area contributed by atoms with Crippen LogP contribution in [0.15, 0.2) is 54.6 Å². The van der Waals surface area contributed by atoms with Crippen LogP contribution >= 0.6 is 0 Å². The average molecular weight is 336 g/mol. The van der Waals surface area contributed by atoms with E-state index in [1.165, 1.54) is 12.1 Å². The standard InChI is InChI=1S/C20H20N2O3/c23-17-8-6-15(7-9-17)19(24)21-11-10-18-16(12-21)13-22(18)20(25)14-4-2-1-3-5-14/h1-9,16,18,23H,10-13H2/t16-,18-/m1/s1.